The summed E-state index contributed by atoms with van der Waals surface area (Å²) >= 11 is 1.39. The maximum atomic E-state index is 12.1. The number of benzene rings is 2. The Hall–Kier alpha value is -3.36. The Kier molecular flexibility index (Phi) is 5.97. The quantitative estimate of drug-likeness (QED) is 0.353. The average molecular weight is 416 g/mol. The van der Waals surface area contributed by atoms with Crippen molar-refractivity contribution in [2.45, 2.75) is 19.3 Å². The molecule has 1 N–H and O–H groups in total. The Labute approximate surface area is 179 Å². The van der Waals surface area contributed by atoms with E-state index in [1.165, 1.54) is 40.5 Å². The molecule has 2 aromatic carbocycles. The molecule has 0 bridgehead atoms. The first-order valence-corrected chi connectivity index (χ1v) is 10.7. The summed E-state index contributed by atoms with van der Waals surface area (Å²) in [6.07, 6.45) is 0.0378. The van der Waals surface area contributed by atoms with Crippen LogP contribution in [-0.4, -0.2) is 25.0 Å². The summed E-state index contributed by atoms with van der Waals surface area (Å²) in [5.74, 6) is 6.06. The van der Waals surface area contributed by atoms with Crippen molar-refractivity contribution in [3.05, 3.63) is 81.5 Å². The molecule has 1 heterocycles. The summed E-state index contributed by atoms with van der Waals surface area (Å²) in [6.45, 7) is 2.22. The molecule has 150 valence electrons. The third kappa shape index (κ3) is 4.14. The number of thiophene rings is 1. The molecule has 0 spiro atoms. The van der Waals surface area contributed by atoms with Crippen molar-refractivity contribution in [1.82, 2.24) is 5.32 Å². The minimum atomic E-state index is -0.446. The molecule has 1 aliphatic carbocycles. The van der Waals surface area contributed by atoms with Crippen LogP contribution < -0.4 is 5.32 Å². The maximum Gasteiger partial charge on any atom is 0.407 e. The Morgan fingerprint density at radius 3 is 2.37 bits per heavy atom. The van der Waals surface area contributed by atoms with Crippen LogP contribution in [0.15, 0.2) is 60.0 Å². The van der Waals surface area contributed by atoms with Crippen LogP contribution >= 0.6 is 11.3 Å². The number of nitrogens with one attached hydrogen (secondary N) is 1. The number of hydrogen-bond acceptors (Lipinski definition) is 4. The van der Waals surface area contributed by atoms with Crippen molar-refractivity contribution in [2.75, 3.05) is 13.2 Å². The Morgan fingerprint density at radius 1 is 1.03 bits per heavy atom. The van der Waals surface area contributed by atoms with E-state index < -0.39 is 6.09 Å². The lowest BCUT2D eigenvalue weighted by molar-refractivity contribution is 0.102. The number of ether oxygens (including phenoxy) is 1. The summed E-state index contributed by atoms with van der Waals surface area (Å²) < 4.78 is 5.50. The predicted octanol–water partition coefficient (Wildman–Crippen LogP) is 5.23. The van der Waals surface area contributed by atoms with Gasteiger partial charge in [0.15, 0.2) is 5.78 Å². The van der Waals surface area contributed by atoms with Gasteiger partial charge in [0.1, 0.15) is 6.61 Å². The van der Waals surface area contributed by atoms with E-state index in [1.54, 1.807) is 0 Å². The molecule has 5 heteroatoms. The molecule has 0 aliphatic heterocycles. The number of carbonyl (C=O) groups is 2. The summed E-state index contributed by atoms with van der Waals surface area (Å²) in [7, 11) is 0. The van der Waals surface area contributed by atoms with E-state index >= 15 is 0 Å². The molecule has 0 fully saturated rings. The van der Waals surface area contributed by atoms with Gasteiger partial charge in [0.25, 0.3) is 0 Å². The number of ketones is 1. The van der Waals surface area contributed by atoms with Gasteiger partial charge in [-0.15, -0.1) is 11.3 Å². The summed E-state index contributed by atoms with van der Waals surface area (Å²) in [6, 6.07) is 18.3. The van der Waals surface area contributed by atoms with Crippen molar-refractivity contribution < 1.29 is 14.3 Å². The zero-order chi connectivity index (χ0) is 20.9. The summed E-state index contributed by atoms with van der Waals surface area (Å²) in [5.41, 5.74) is 5.53. The fourth-order valence-corrected chi connectivity index (χ4v) is 4.47. The molecule has 0 unspecified atom stereocenters. The number of alkyl carbamates (subject to hydrolysis) is 1. The van der Waals surface area contributed by atoms with Crippen molar-refractivity contribution >= 4 is 23.2 Å². The largest absolute Gasteiger partial charge is 0.449 e. The van der Waals surface area contributed by atoms with Crippen LogP contribution in [0.1, 0.15) is 45.6 Å². The monoisotopic (exact) mass is 415 g/mol. The van der Waals surface area contributed by atoms with Crippen molar-refractivity contribution in [1.29, 1.82) is 0 Å². The molecule has 1 amide bonds. The predicted molar refractivity (Wildman–Crippen MR) is 119 cm³/mol. The lowest BCUT2D eigenvalue weighted by atomic mass is 9.98. The van der Waals surface area contributed by atoms with Gasteiger partial charge in [0.2, 0.25) is 0 Å². The van der Waals surface area contributed by atoms with Gasteiger partial charge in [0.05, 0.1) is 4.88 Å². The zero-order valence-corrected chi connectivity index (χ0v) is 17.4. The smallest absolute Gasteiger partial charge is 0.407 e. The molecule has 0 saturated carbocycles. The van der Waals surface area contributed by atoms with E-state index in [0.717, 1.165) is 5.56 Å². The second kappa shape index (κ2) is 8.98. The highest BCUT2D eigenvalue weighted by Gasteiger charge is 2.28. The van der Waals surface area contributed by atoms with E-state index in [0.29, 0.717) is 24.4 Å². The number of carbonyl (C=O) groups excluding carboxylic acids is 2. The molecule has 0 saturated heterocycles. The minimum absolute atomic E-state index is 0.0195. The topological polar surface area (TPSA) is 55.4 Å². The first-order chi connectivity index (χ1) is 14.6. The highest BCUT2D eigenvalue weighted by atomic mass is 32.1. The molecule has 1 aromatic heterocycles. The number of hydrogen-bond donors (Lipinski definition) is 1. The van der Waals surface area contributed by atoms with Crippen LogP contribution in [0.25, 0.3) is 11.1 Å². The molecular weight excluding hydrogens is 394 g/mol. The number of amides is 1. The van der Waals surface area contributed by atoms with Crippen LogP contribution in [-0.2, 0) is 4.74 Å². The van der Waals surface area contributed by atoms with Gasteiger partial charge >= 0.3 is 6.09 Å². The van der Waals surface area contributed by atoms with Crippen LogP contribution in [0.4, 0.5) is 4.79 Å². The molecule has 0 atom stereocenters. The molecule has 4 nitrogen and oxygen atoms in total. The summed E-state index contributed by atoms with van der Waals surface area (Å²) in [5, 5.41) is 4.60. The third-order valence-electron chi connectivity index (χ3n) is 5.07. The fraction of sp³-hybridized carbons (Fsp3) is 0.200. The molecule has 0 radical (unpaired) electrons. The van der Waals surface area contributed by atoms with Crippen molar-refractivity contribution in [2.24, 2.45) is 0 Å². The molecular formula is C25H21NO3S. The summed E-state index contributed by atoms with van der Waals surface area (Å²) in [4.78, 5) is 24.3. The van der Waals surface area contributed by atoms with Crippen molar-refractivity contribution in [3.8, 4) is 23.0 Å². The van der Waals surface area contributed by atoms with E-state index in [4.69, 9.17) is 4.74 Å². The molecule has 3 aromatic rings. The SMILES string of the molecule is CC(=O)c1sccc1C#CCCNC(=O)OCC1c2ccccc2-c2ccccc21. The van der Waals surface area contributed by atoms with Crippen LogP contribution in [0.2, 0.25) is 0 Å². The lowest BCUT2D eigenvalue weighted by Gasteiger charge is -2.14. The molecule has 30 heavy (non-hydrogen) atoms. The van der Waals surface area contributed by atoms with Gasteiger partial charge in [-0.3, -0.25) is 4.79 Å². The Morgan fingerprint density at radius 2 is 1.70 bits per heavy atom. The zero-order valence-electron chi connectivity index (χ0n) is 16.6. The minimum Gasteiger partial charge on any atom is -0.449 e. The van der Waals surface area contributed by atoms with Crippen LogP contribution in [0, 0.1) is 11.8 Å². The second-order valence-electron chi connectivity index (χ2n) is 7.02. The number of fused-ring (bicyclic) bond motifs is 3. The van der Waals surface area contributed by atoms with E-state index in [1.807, 2.05) is 35.7 Å². The van der Waals surface area contributed by atoms with Gasteiger partial charge in [-0.05, 0) is 40.6 Å². The van der Waals surface area contributed by atoms with Gasteiger partial charge in [0, 0.05) is 24.4 Å². The Bertz CT molecular complexity index is 1110. The first kappa shape index (κ1) is 19.9. The second-order valence-corrected chi connectivity index (χ2v) is 7.94. The van der Waals surface area contributed by atoms with Crippen molar-refractivity contribution in [3.63, 3.8) is 0 Å². The third-order valence-corrected chi connectivity index (χ3v) is 6.09. The van der Waals surface area contributed by atoms with Gasteiger partial charge in [-0.25, -0.2) is 4.79 Å². The number of Topliss-reactive ketones (excluding diaryl/α,β-unsaturated/α-hetero) is 1. The van der Waals surface area contributed by atoms with Gasteiger partial charge in [-0.1, -0.05) is 60.4 Å². The highest BCUT2D eigenvalue weighted by molar-refractivity contribution is 7.12. The van der Waals surface area contributed by atoms with Crippen LogP contribution in [0.3, 0.4) is 0 Å². The first-order valence-electron chi connectivity index (χ1n) is 9.81. The normalized spacial score (nSPS) is 11.8. The van der Waals surface area contributed by atoms with E-state index in [2.05, 4.69) is 41.4 Å². The highest BCUT2D eigenvalue weighted by Crippen LogP contribution is 2.44. The maximum absolute atomic E-state index is 12.1. The van der Waals surface area contributed by atoms with E-state index in [-0.39, 0.29) is 11.7 Å². The Balaban J connectivity index is 1.29. The average Bonchev–Trinajstić information content (AvgIpc) is 3.35. The van der Waals surface area contributed by atoms with Gasteiger partial charge < -0.3 is 10.1 Å². The molecule has 4 rings (SSSR count). The standard InChI is InChI=1S/C25H21NO3S/c1-17(27)24-18(13-15-30-24)8-6-7-14-26-25(28)29-16-23-21-11-4-2-9-19(21)20-10-3-5-12-22(20)23/h2-5,9-13,15,23H,7,14,16H2,1H3,(H,26,28). The lowest BCUT2D eigenvalue weighted by Crippen LogP contribution is -2.26. The number of rotatable bonds is 5. The fourth-order valence-electron chi connectivity index (χ4n) is 3.71. The molecule has 1 aliphatic rings. The van der Waals surface area contributed by atoms with Crippen LogP contribution in [0.5, 0.6) is 0 Å². The van der Waals surface area contributed by atoms with E-state index in [9.17, 15) is 9.59 Å². The van der Waals surface area contributed by atoms with Gasteiger partial charge in [-0.2, -0.15) is 0 Å².